The summed E-state index contributed by atoms with van der Waals surface area (Å²) in [6, 6.07) is 10.1. The van der Waals surface area contributed by atoms with Crippen molar-refractivity contribution >= 4 is 22.7 Å². The first-order chi connectivity index (χ1) is 7.75. The standard InChI is InChI=1S/C12H12N2OS/c1-14-11(15)10-12(14)16-9(13-10)7-8-5-3-2-4-6-8/h2-6,10,12H,7H2,1H3. The Morgan fingerprint density at radius 3 is 2.81 bits per heavy atom. The highest BCUT2D eigenvalue weighted by Gasteiger charge is 2.49. The quantitative estimate of drug-likeness (QED) is 0.725. The Kier molecular flexibility index (Phi) is 2.24. The van der Waals surface area contributed by atoms with Crippen molar-refractivity contribution < 1.29 is 4.79 Å². The van der Waals surface area contributed by atoms with E-state index in [9.17, 15) is 4.79 Å². The van der Waals surface area contributed by atoms with E-state index in [1.54, 1.807) is 16.7 Å². The summed E-state index contributed by atoms with van der Waals surface area (Å²) in [6.07, 6.45) is 0.847. The van der Waals surface area contributed by atoms with E-state index in [-0.39, 0.29) is 17.3 Å². The van der Waals surface area contributed by atoms with Gasteiger partial charge in [-0.1, -0.05) is 42.1 Å². The van der Waals surface area contributed by atoms with E-state index in [0.29, 0.717) is 0 Å². The Bertz CT molecular complexity index is 457. The molecule has 16 heavy (non-hydrogen) atoms. The van der Waals surface area contributed by atoms with Gasteiger partial charge in [0.1, 0.15) is 5.37 Å². The summed E-state index contributed by atoms with van der Waals surface area (Å²) in [6.45, 7) is 0. The fraction of sp³-hybridized carbons (Fsp3) is 0.333. The van der Waals surface area contributed by atoms with E-state index >= 15 is 0 Å². The molecule has 82 valence electrons. The lowest BCUT2D eigenvalue weighted by Gasteiger charge is -2.37. The molecule has 2 atom stereocenters. The second-order valence-electron chi connectivity index (χ2n) is 4.09. The molecule has 1 saturated heterocycles. The van der Waals surface area contributed by atoms with Crippen LogP contribution in [0.1, 0.15) is 5.56 Å². The van der Waals surface area contributed by atoms with Crippen molar-refractivity contribution in [2.45, 2.75) is 17.8 Å². The minimum Gasteiger partial charge on any atom is -0.329 e. The normalized spacial score (nSPS) is 27.4. The number of carbonyl (C=O) groups excluding carboxylic acids is 1. The van der Waals surface area contributed by atoms with Crippen LogP contribution in [0, 0.1) is 0 Å². The van der Waals surface area contributed by atoms with Gasteiger partial charge in [0.2, 0.25) is 0 Å². The number of nitrogens with zero attached hydrogens (tertiary/aromatic N) is 2. The number of carbonyl (C=O) groups is 1. The molecular formula is C12H12N2OS. The van der Waals surface area contributed by atoms with Crippen LogP contribution in [0.3, 0.4) is 0 Å². The number of benzene rings is 1. The zero-order valence-electron chi connectivity index (χ0n) is 8.96. The van der Waals surface area contributed by atoms with E-state index in [1.165, 1.54) is 5.56 Å². The number of fused-ring (bicyclic) bond motifs is 1. The predicted molar refractivity (Wildman–Crippen MR) is 65.5 cm³/mol. The number of hydrogen-bond acceptors (Lipinski definition) is 3. The van der Waals surface area contributed by atoms with Crippen molar-refractivity contribution in [1.29, 1.82) is 0 Å². The highest BCUT2D eigenvalue weighted by molar-refractivity contribution is 8.14. The fourth-order valence-corrected chi connectivity index (χ4v) is 3.30. The molecule has 1 aromatic carbocycles. The average molecular weight is 232 g/mol. The molecule has 0 spiro atoms. The Morgan fingerprint density at radius 2 is 2.12 bits per heavy atom. The molecule has 4 heteroatoms. The van der Waals surface area contributed by atoms with Gasteiger partial charge in [0.25, 0.3) is 5.91 Å². The molecule has 1 fully saturated rings. The number of thioether (sulfide) groups is 1. The molecule has 0 N–H and O–H groups in total. The highest BCUT2D eigenvalue weighted by Crippen LogP contribution is 2.38. The van der Waals surface area contributed by atoms with Crippen molar-refractivity contribution in [3.63, 3.8) is 0 Å². The number of likely N-dealkylation sites (N-methyl/N-ethyl adjacent to an activating group) is 1. The first kappa shape index (κ1) is 9.90. The minimum absolute atomic E-state index is 0.103. The van der Waals surface area contributed by atoms with Crippen LogP contribution in [0.2, 0.25) is 0 Å². The van der Waals surface area contributed by atoms with Crippen LogP contribution in [0.15, 0.2) is 35.3 Å². The monoisotopic (exact) mass is 232 g/mol. The summed E-state index contributed by atoms with van der Waals surface area (Å²) < 4.78 is 0. The molecule has 3 rings (SSSR count). The SMILES string of the molecule is CN1C(=O)C2N=C(Cc3ccccc3)SC21. The third-order valence-electron chi connectivity index (χ3n) is 2.99. The maximum absolute atomic E-state index is 11.4. The summed E-state index contributed by atoms with van der Waals surface area (Å²) in [5, 5.41) is 1.34. The van der Waals surface area contributed by atoms with Gasteiger partial charge in [0.05, 0.1) is 5.04 Å². The number of likely N-dealkylation sites (tertiary alicyclic amines) is 1. The van der Waals surface area contributed by atoms with Crippen molar-refractivity contribution in [2.75, 3.05) is 7.05 Å². The van der Waals surface area contributed by atoms with Gasteiger partial charge >= 0.3 is 0 Å². The topological polar surface area (TPSA) is 32.7 Å². The molecule has 2 unspecified atom stereocenters. The van der Waals surface area contributed by atoms with Gasteiger partial charge in [-0.15, -0.1) is 0 Å². The van der Waals surface area contributed by atoms with Crippen LogP contribution in [-0.2, 0) is 11.2 Å². The van der Waals surface area contributed by atoms with Gasteiger partial charge in [-0.05, 0) is 5.56 Å². The number of aliphatic imine (C=N–C) groups is 1. The smallest absolute Gasteiger partial charge is 0.251 e. The van der Waals surface area contributed by atoms with Crippen LogP contribution in [0.4, 0.5) is 0 Å². The lowest BCUT2D eigenvalue weighted by atomic mass is 10.1. The number of rotatable bonds is 2. The molecule has 0 aromatic heterocycles. The molecule has 2 aliphatic heterocycles. The molecule has 0 aliphatic carbocycles. The second-order valence-corrected chi connectivity index (χ2v) is 5.28. The summed E-state index contributed by atoms with van der Waals surface area (Å²) in [5.74, 6) is 0.153. The lowest BCUT2D eigenvalue weighted by molar-refractivity contribution is -0.141. The maximum Gasteiger partial charge on any atom is 0.251 e. The molecule has 0 saturated carbocycles. The third-order valence-corrected chi connectivity index (χ3v) is 4.33. The van der Waals surface area contributed by atoms with E-state index in [2.05, 4.69) is 17.1 Å². The van der Waals surface area contributed by atoms with Crippen LogP contribution in [0.25, 0.3) is 0 Å². The van der Waals surface area contributed by atoms with Gasteiger partial charge in [0, 0.05) is 13.5 Å². The number of amides is 1. The lowest BCUT2D eigenvalue weighted by Crippen LogP contribution is -2.58. The minimum atomic E-state index is -0.103. The molecule has 0 radical (unpaired) electrons. The van der Waals surface area contributed by atoms with Crippen molar-refractivity contribution in [2.24, 2.45) is 4.99 Å². The van der Waals surface area contributed by atoms with Gasteiger partial charge in [-0.3, -0.25) is 9.79 Å². The summed E-state index contributed by atoms with van der Waals surface area (Å²) in [5.41, 5.74) is 1.25. The van der Waals surface area contributed by atoms with Crippen LogP contribution >= 0.6 is 11.8 Å². The van der Waals surface area contributed by atoms with Crippen molar-refractivity contribution in [3.8, 4) is 0 Å². The van der Waals surface area contributed by atoms with E-state index < -0.39 is 0 Å². The molecule has 1 amide bonds. The Hall–Kier alpha value is -1.29. The zero-order chi connectivity index (χ0) is 11.1. The molecule has 3 nitrogen and oxygen atoms in total. The summed E-state index contributed by atoms with van der Waals surface area (Å²) >= 11 is 1.72. The molecule has 2 heterocycles. The zero-order valence-corrected chi connectivity index (χ0v) is 9.78. The fourth-order valence-electron chi connectivity index (χ4n) is 2.03. The highest BCUT2D eigenvalue weighted by atomic mass is 32.2. The van der Waals surface area contributed by atoms with E-state index in [0.717, 1.165) is 11.5 Å². The van der Waals surface area contributed by atoms with E-state index in [4.69, 9.17) is 0 Å². The molecule has 1 aromatic rings. The van der Waals surface area contributed by atoms with Gasteiger partial charge < -0.3 is 4.90 Å². The third kappa shape index (κ3) is 1.45. The van der Waals surface area contributed by atoms with E-state index in [1.807, 2.05) is 25.2 Å². The summed E-state index contributed by atoms with van der Waals surface area (Å²) in [7, 11) is 1.84. The second kappa shape index (κ2) is 3.63. The van der Waals surface area contributed by atoms with Crippen LogP contribution in [-0.4, -0.2) is 34.3 Å². The Labute approximate surface area is 98.5 Å². The largest absolute Gasteiger partial charge is 0.329 e. The van der Waals surface area contributed by atoms with Gasteiger partial charge in [-0.25, -0.2) is 0 Å². The first-order valence-corrected chi connectivity index (χ1v) is 6.17. The first-order valence-electron chi connectivity index (χ1n) is 5.29. The van der Waals surface area contributed by atoms with Crippen molar-refractivity contribution in [1.82, 2.24) is 4.90 Å². The van der Waals surface area contributed by atoms with Gasteiger partial charge in [-0.2, -0.15) is 0 Å². The Morgan fingerprint density at radius 1 is 1.38 bits per heavy atom. The Balaban J connectivity index is 1.73. The molecule has 2 aliphatic rings. The molecular weight excluding hydrogens is 220 g/mol. The van der Waals surface area contributed by atoms with Crippen LogP contribution < -0.4 is 0 Å². The maximum atomic E-state index is 11.4. The number of hydrogen-bond donors (Lipinski definition) is 0. The predicted octanol–water partition coefficient (Wildman–Crippen LogP) is 1.54. The molecule has 0 bridgehead atoms. The van der Waals surface area contributed by atoms with Gasteiger partial charge in [0.15, 0.2) is 6.04 Å². The van der Waals surface area contributed by atoms with Crippen molar-refractivity contribution in [3.05, 3.63) is 35.9 Å². The summed E-state index contributed by atoms with van der Waals surface area (Å²) in [4.78, 5) is 17.7. The average Bonchev–Trinajstić information content (AvgIpc) is 2.70. The van der Waals surface area contributed by atoms with Crippen LogP contribution in [0.5, 0.6) is 0 Å². The number of β-lactam (4-membered cyclic amide) rings is 1.